The maximum Gasteiger partial charge on any atom is 0.321 e. The first-order valence-electron chi connectivity index (χ1n) is 8.93. The molecule has 4 rings (SSSR count). The van der Waals surface area contributed by atoms with E-state index in [1.165, 1.54) is 0 Å². The number of anilines is 2. The lowest BCUT2D eigenvalue weighted by atomic mass is 10.1. The molecule has 2 heterocycles. The number of nitrogens with one attached hydrogen (secondary N) is 2. The number of carbonyl (C=O) groups is 3. The Morgan fingerprint density at radius 1 is 0.926 bits per heavy atom. The molecule has 0 bridgehead atoms. The van der Waals surface area contributed by atoms with Gasteiger partial charge in [0.25, 0.3) is 5.91 Å². The van der Waals surface area contributed by atoms with E-state index in [-0.39, 0.29) is 17.8 Å². The van der Waals surface area contributed by atoms with Gasteiger partial charge in [-0.25, -0.2) is 4.79 Å². The van der Waals surface area contributed by atoms with Gasteiger partial charge < -0.3 is 20.4 Å². The van der Waals surface area contributed by atoms with Gasteiger partial charge in [0, 0.05) is 43.1 Å². The van der Waals surface area contributed by atoms with E-state index in [0.29, 0.717) is 38.2 Å². The monoisotopic (exact) mass is 364 g/mol. The number of carbonyl (C=O) groups excluding carboxylic acids is 3. The van der Waals surface area contributed by atoms with Crippen molar-refractivity contribution in [2.75, 3.05) is 36.8 Å². The molecule has 2 N–H and O–H groups in total. The van der Waals surface area contributed by atoms with Crippen LogP contribution >= 0.6 is 0 Å². The molecule has 0 spiro atoms. The molecule has 1 saturated heterocycles. The minimum atomic E-state index is -0.157. The Bertz CT molecular complexity index is 889. The Kier molecular flexibility index (Phi) is 4.50. The summed E-state index contributed by atoms with van der Waals surface area (Å²) in [5, 5.41) is 5.63. The predicted octanol–water partition coefficient (Wildman–Crippen LogP) is 2.17. The van der Waals surface area contributed by atoms with Crippen LogP contribution in [0, 0.1) is 0 Å². The van der Waals surface area contributed by atoms with E-state index >= 15 is 0 Å². The lowest BCUT2D eigenvalue weighted by Crippen LogP contribution is -2.51. The van der Waals surface area contributed by atoms with Crippen LogP contribution in [0.5, 0.6) is 0 Å². The topological polar surface area (TPSA) is 81.8 Å². The fraction of sp³-hybridized carbons (Fsp3) is 0.250. The molecule has 2 aliphatic heterocycles. The number of benzene rings is 2. The van der Waals surface area contributed by atoms with Gasteiger partial charge in [0.15, 0.2) is 0 Å². The normalized spacial score (nSPS) is 15.9. The molecule has 7 nitrogen and oxygen atoms in total. The average Bonchev–Trinajstić information content (AvgIpc) is 3.07. The van der Waals surface area contributed by atoms with E-state index in [0.717, 1.165) is 16.9 Å². The molecule has 27 heavy (non-hydrogen) atoms. The molecule has 1 fully saturated rings. The first kappa shape index (κ1) is 17.1. The zero-order valence-corrected chi connectivity index (χ0v) is 14.8. The predicted molar refractivity (Wildman–Crippen MR) is 102 cm³/mol. The Morgan fingerprint density at radius 3 is 2.37 bits per heavy atom. The van der Waals surface area contributed by atoms with E-state index in [4.69, 9.17) is 0 Å². The highest BCUT2D eigenvalue weighted by Gasteiger charge is 2.26. The summed E-state index contributed by atoms with van der Waals surface area (Å²) in [5.74, 6) is -0.118. The fourth-order valence-corrected chi connectivity index (χ4v) is 3.38. The highest BCUT2D eigenvalue weighted by molar-refractivity contribution is 6.01. The van der Waals surface area contributed by atoms with Crippen LogP contribution in [-0.4, -0.2) is 53.8 Å². The molecule has 0 aliphatic carbocycles. The van der Waals surface area contributed by atoms with Crippen LogP contribution in [0.15, 0.2) is 48.5 Å². The SMILES string of the molecule is O=C1Cc2cc(C(=O)N3CCN(C(=O)Nc4ccccc4)CC3)ccc2N1. The molecule has 0 atom stereocenters. The van der Waals surface area contributed by atoms with Gasteiger partial charge in [-0.1, -0.05) is 18.2 Å². The molecular formula is C20H20N4O3. The average molecular weight is 364 g/mol. The first-order valence-corrected chi connectivity index (χ1v) is 8.93. The number of piperazine rings is 1. The smallest absolute Gasteiger partial charge is 0.321 e. The molecule has 0 unspecified atom stereocenters. The van der Waals surface area contributed by atoms with Crippen molar-refractivity contribution in [1.29, 1.82) is 0 Å². The standard InChI is InChI=1S/C20H20N4O3/c25-18-13-15-12-14(6-7-17(15)22-18)19(26)23-8-10-24(11-9-23)20(27)21-16-4-2-1-3-5-16/h1-7,12H,8-11,13H2,(H,21,27)(H,22,25). The maximum atomic E-state index is 12.8. The van der Waals surface area contributed by atoms with Crippen molar-refractivity contribution in [2.24, 2.45) is 0 Å². The summed E-state index contributed by atoms with van der Waals surface area (Å²) >= 11 is 0. The third-order valence-electron chi connectivity index (χ3n) is 4.86. The summed E-state index contributed by atoms with van der Waals surface area (Å²) in [4.78, 5) is 40.0. The second-order valence-electron chi connectivity index (χ2n) is 6.67. The maximum absolute atomic E-state index is 12.8. The summed E-state index contributed by atoms with van der Waals surface area (Å²) in [5.41, 5.74) is 2.96. The molecule has 2 aromatic carbocycles. The van der Waals surface area contributed by atoms with Crippen LogP contribution in [-0.2, 0) is 11.2 Å². The zero-order chi connectivity index (χ0) is 18.8. The minimum Gasteiger partial charge on any atom is -0.335 e. The van der Waals surface area contributed by atoms with Crippen molar-refractivity contribution in [1.82, 2.24) is 9.80 Å². The van der Waals surface area contributed by atoms with Gasteiger partial charge in [-0.3, -0.25) is 9.59 Å². The molecule has 0 saturated carbocycles. The van der Waals surface area contributed by atoms with E-state index in [9.17, 15) is 14.4 Å². The quantitative estimate of drug-likeness (QED) is 0.857. The highest BCUT2D eigenvalue weighted by Crippen LogP contribution is 2.24. The Labute approximate surface area is 157 Å². The number of nitrogens with zero attached hydrogens (tertiary/aromatic N) is 2. The number of para-hydroxylation sites is 1. The Morgan fingerprint density at radius 2 is 1.63 bits per heavy atom. The van der Waals surface area contributed by atoms with Crippen LogP contribution in [0.1, 0.15) is 15.9 Å². The molecular weight excluding hydrogens is 344 g/mol. The zero-order valence-electron chi connectivity index (χ0n) is 14.8. The van der Waals surface area contributed by atoms with Gasteiger partial charge >= 0.3 is 6.03 Å². The lowest BCUT2D eigenvalue weighted by Gasteiger charge is -2.34. The van der Waals surface area contributed by atoms with Gasteiger partial charge in [-0.2, -0.15) is 0 Å². The number of hydrogen-bond donors (Lipinski definition) is 2. The second kappa shape index (κ2) is 7.11. The van der Waals surface area contributed by atoms with Gasteiger partial charge in [0.1, 0.15) is 0 Å². The summed E-state index contributed by atoms with van der Waals surface area (Å²) in [7, 11) is 0. The number of fused-ring (bicyclic) bond motifs is 1. The van der Waals surface area contributed by atoms with Gasteiger partial charge in [-0.05, 0) is 35.9 Å². The molecule has 7 heteroatoms. The van der Waals surface area contributed by atoms with Crippen molar-refractivity contribution in [3.05, 3.63) is 59.7 Å². The third-order valence-corrected chi connectivity index (χ3v) is 4.86. The second-order valence-corrected chi connectivity index (χ2v) is 6.67. The van der Waals surface area contributed by atoms with Crippen LogP contribution in [0.25, 0.3) is 0 Å². The van der Waals surface area contributed by atoms with Crippen LogP contribution in [0.3, 0.4) is 0 Å². The highest BCUT2D eigenvalue weighted by atomic mass is 16.2. The molecule has 0 radical (unpaired) electrons. The van der Waals surface area contributed by atoms with E-state index in [1.807, 2.05) is 30.3 Å². The van der Waals surface area contributed by atoms with Crippen molar-refractivity contribution >= 4 is 29.2 Å². The summed E-state index contributed by atoms with van der Waals surface area (Å²) in [6.45, 7) is 1.93. The van der Waals surface area contributed by atoms with Crippen molar-refractivity contribution in [3.8, 4) is 0 Å². The molecule has 0 aromatic heterocycles. The van der Waals surface area contributed by atoms with Crippen molar-refractivity contribution in [2.45, 2.75) is 6.42 Å². The number of amides is 4. The molecule has 2 aromatic rings. The van der Waals surface area contributed by atoms with Crippen LogP contribution in [0.2, 0.25) is 0 Å². The van der Waals surface area contributed by atoms with Crippen LogP contribution in [0.4, 0.5) is 16.2 Å². The Balaban J connectivity index is 1.35. The van der Waals surface area contributed by atoms with Crippen molar-refractivity contribution in [3.63, 3.8) is 0 Å². The molecule has 4 amide bonds. The van der Waals surface area contributed by atoms with E-state index in [2.05, 4.69) is 10.6 Å². The number of rotatable bonds is 2. The fourth-order valence-electron chi connectivity index (χ4n) is 3.38. The van der Waals surface area contributed by atoms with Crippen molar-refractivity contribution < 1.29 is 14.4 Å². The summed E-state index contributed by atoms with van der Waals surface area (Å²) in [6.07, 6.45) is 0.309. The summed E-state index contributed by atoms with van der Waals surface area (Å²) < 4.78 is 0. The van der Waals surface area contributed by atoms with Gasteiger partial charge in [-0.15, -0.1) is 0 Å². The largest absolute Gasteiger partial charge is 0.335 e. The molecule has 138 valence electrons. The lowest BCUT2D eigenvalue weighted by molar-refractivity contribution is -0.115. The Hall–Kier alpha value is -3.35. The van der Waals surface area contributed by atoms with Gasteiger partial charge in [0.05, 0.1) is 6.42 Å². The number of urea groups is 1. The first-order chi connectivity index (χ1) is 13.1. The third kappa shape index (κ3) is 3.62. The van der Waals surface area contributed by atoms with Gasteiger partial charge in [0.2, 0.25) is 5.91 Å². The van der Waals surface area contributed by atoms with E-state index in [1.54, 1.807) is 28.0 Å². The van der Waals surface area contributed by atoms with E-state index < -0.39 is 0 Å². The summed E-state index contributed by atoms with van der Waals surface area (Å²) in [6, 6.07) is 14.4. The van der Waals surface area contributed by atoms with Crippen LogP contribution < -0.4 is 10.6 Å². The molecule has 2 aliphatic rings. The minimum absolute atomic E-state index is 0.0485. The number of hydrogen-bond acceptors (Lipinski definition) is 3.